The lowest BCUT2D eigenvalue weighted by molar-refractivity contribution is 0.560. The molecule has 0 amide bonds. The van der Waals surface area contributed by atoms with Gasteiger partial charge in [-0.05, 0) is 56.5 Å². The molecular formula is C17H25FN2. The number of nitrogens with one attached hydrogen (secondary N) is 1. The van der Waals surface area contributed by atoms with Gasteiger partial charge in [0.15, 0.2) is 0 Å². The molecule has 1 N–H and O–H groups in total. The first-order valence-corrected chi connectivity index (χ1v) is 7.57. The Balaban J connectivity index is 2.28. The molecule has 1 aromatic rings. The minimum atomic E-state index is -0.164. The fraction of sp³-hybridized carbons (Fsp3) is 0.529. The second-order valence-electron chi connectivity index (χ2n) is 5.55. The van der Waals surface area contributed by atoms with E-state index >= 15 is 0 Å². The number of nitrogens with zero attached hydrogens (tertiary/aromatic N) is 1. The third-order valence-electron chi connectivity index (χ3n) is 3.78. The van der Waals surface area contributed by atoms with Gasteiger partial charge in [0.2, 0.25) is 0 Å². The second-order valence-corrected chi connectivity index (χ2v) is 5.55. The lowest BCUT2D eigenvalue weighted by Crippen LogP contribution is -2.29. The number of hydrogen-bond donors (Lipinski definition) is 1. The summed E-state index contributed by atoms with van der Waals surface area (Å²) in [4.78, 5) is 2.35. The maximum absolute atomic E-state index is 13.6. The summed E-state index contributed by atoms with van der Waals surface area (Å²) in [7, 11) is 0. The minimum Gasteiger partial charge on any atom is -0.365 e. The van der Waals surface area contributed by atoms with E-state index in [4.69, 9.17) is 0 Å². The van der Waals surface area contributed by atoms with Crippen LogP contribution in [0.4, 0.5) is 10.1 Å². The first-order chi connectivity index (χ1) is 9.67. The van der Waals surface area contributed by atoms with Crippen LogP contribution in [0.2, 0.25) is 0 Å². The quantitative estimate of drug-likeness (QED) is 0.721. The number of halogens is 1. The highest BCUT2D eigenvalue weighted by Gasteiger charge is 2.30. The van der Waals surface area contributed by atoms with Crippen LogP contribution >= 0.6 is 0 Å². The van der Waals surface area contributed by atoms with Crippen LogP contribution < -0.4 is 10.2 Å². The predicted octanol–water partition coefficient (Wildman–Crippen LogP) is 4.04. The van der Waals surface area contributed by atoms with Gasteiger partial charge in [-0.15, -0.1) is 6.58 Å². The summed E-state index contributed by atoms with van der Waals surface area (Å²) >= 11 is 0. The molecule has 1 saturated carbocycles. The Morgan fingerprint density at radius 1 is 1.50 bits per heavy atom. The molecule has 0 aliphatic heterocycles. The molecule has 110 valence electrons. The van der Waals surface area contributed by atoms with Gasteiger partial charge in [0.25, 0.3) is 0 Å². The van der Waals surface area contributed by atoms with E-state index in [0.717, 1.165) is 30.8 Å². The zero-order valence-corrected chi connectivity index (χ0v) is 12.5. The Morgan fingerprint density at radius 3 is 2.85 bits per heavy atom. The highest BCUT2D eigenvalue weighted by Crippen LogP contribution is 2.35. The Hall–Kier alpha value is -1.35. The van der Waals surface area contributed by atoms with Crippen molar-refractivity contribution in [3.8, 4) is 0 Å². The molecule has 1 aliphatic carbocycles. The van der Waals surface area contributed by atoms with E-state index in [1.807, 2.05) is 12.1 Å². The van der Waals surface area contributed by atoms with Gasteiger partial charge < -0.3 is 10.2 Å². The van der Waals surface area contributed by atoms with Gasteiger partial charge in [-0.1, -0.05) is 13.0 Å². The summed E-state index contributed by atoms with van der Waals surface area (Å²) in [6.07, 6.45) is 5.45. The SMILES string of the molecule is C=CCN(c1ccc(F)cc1C(C)NCCC)C1CC1. The van der Waals surface area contributed by atoms with Crippen molar-refractivity contribution in [2.45, 2.75) is 45.2 Å². The topological polar surface area (TPSA) is 15.3 Å². The molecule has 0 spiro atoms. The van der Waals surface area contributed by atoms with Crippen molar-refractivity contribution in [1.29, 1.82) is 0 Å². The van der Waals surface area contributed by atoms with E-state index < -0.39 is 0 Å². The van der Waals surface area contributed by atoms with Crippen molar-refractivity contribution >= 4 is 5.69 Å². The van der Waals surface area contributed by atoms with Gasteiger partial charge in [0.1, 0.15) is 5.82 Å². The summed E-state index contributed by atoms with van der Waals surface area (Å²) in [6.45, 7) is 9.86. The van der Waals surface area contributed by atoms with E-state index in [2.05, 4.69) is 30.6 Å². The summed E-state index contributed by atoms with van der Waals surface area (Å²) in [5, 5.41) is 3.45. The van der Waals surface area contributed by atoms with E-state index in [0.29, 0.717) is 6.04 Å². The molecule has 2 rings (SSSR count). The van der Waals surface area contributed by atoms with Gasteiger partial charge >= 0.3 is 0 Å². The summed E-state index contributed by atoms with van der Waals surface area (Å²) < 4.78 is 13.6. The molecule has 1 atom stereocenters. The van der Waals surface area contributed by atoms with Crippen molar-refractivity contribution in [3.05, 3.63) is 42.2 Å². The van der Waals surface area contributed by atoms with E-state index in [1.54, 1.807) is 12.1 Å². The summed E-state index contributed by atoms with van der Waals surface area (Å²) in [5.74, 6) is -0.164. The largest absolute Gasteiger partial charge is 0.365 e. The molecule has 3 heteroatoms. The Kier molecular flexibility index (Phi) is 5.18. The highest BCUT2D eigenvalue weighted by atomic mass is 19.1. The lowest BCUT2D eigenvalue weighted by Gasteiger charge is -2.28. The number of benzene rings is 1. The summed E-state index contributed by atoms with van der Waals surface area (Å²) in [6, 6.07) is 5.89. The number of rotatable bonds is 8. The zero-order chi connectivity index (χ0) is 14.5. The van der Waals surface area contributed by atoms with Crippen LogP contribution in [0.5, 0.6) is 0 Å². The normalized spacial score (nSPS) is 15.9. The Labute approximate surface area is 121 Å². The zero-order valence-electron chi connectivity index (χ0n) is 12.5. The van der Waals surface area contributed by atoms with Crippen LogP contribution in [0.1, 0.15) is 44.7 Å². The molecule has 0 saturated heterocycles. The van der Waals surface area contributed by atoms with Crippen LogP contribution in [0.15, 0.2) is 30.9 Å². The average molecular weight is 276 g/mol. The maximum Gasteiger partial charge on any atom is 0.123 e. The highest BCUT2D eigenvalue weighted by molar-refractivity contribution is 5.57. The second kappa shape index (κ2) is 6.89. The standard InChI is InChI=1S/C17H25FN2/c1-4-10-19-13(3)16-12-14(18)6-9-17(16)20(11-5-2)15-7-8-15/h5-6,9,12-13,15,19H,2,4,7-8,10-11H2,1,3H3. The molecule has 0 heterocycles. The Bertz CT molecular complexity index is 454. The van der Waals surface area contributed by atoms with Crippen molar-refractivity contribution in [3.63, 3.8) is 0 Å². The molecule has 0 bridgehead atoms. The van der Waals surface area contributed by atoms with Crippen LogP contribution in [0, 0.1) is 5.82 Å². The van der Waals surface area contributed by atoms with Crippen LogP contribution in [-0.4, -0.2) is 19.1 Å². The Morgan fingerprint density at radius 2 is 2.25 bits per heavy atom. The van der Waals surface area contributed by atoms with Crippen LogP contribution in [0.3, 0.4) is 0 Å². The fourth-order valence-corrected chi connectivity index (χ4v) is 2.57. The van der Waals surface area contributed by atoms with Gasteiger partial charge in [-0.2, -0.15) is 0 Å². The maximum atomic E-state index is 13.6. The van der Waals surface area contributed by atoms with Crippen molar-refractivity contribution in [2.24, 2.45) is 0 Å². The number of hydrogen-bond acceptors (Lipinski definition) is 2. The predicted molar refractivity (Wildman–Crippen MR) is 83.7 cm³/mol. The lowest BCUT2D eigenvalue weighted by atomic mass is 10.0. The van der Waals surface area contributed by atoms with Crippen molar-refractivity contribution in [1.82, 2.24) is 5.32 Å². The average Bonchev–Trinajstić information content (AvgIpc) is 3.27. The van der Waals surface area contributed by atoms with Crippen LogP contribution in [0.25, 0.3) is 0 Å². The summed E-state index contributed by atoms with van der Waals surface area (Å²) in [5.41, 5.74) is 2.19. The molecule has 2 nitrogen and oxygen atoms in total. The first-order valence-electron chi connectivity index (χ1n) is 7.57. The van der Waals surface area contributed by atoms with Crippen molar-refractivity contribution < 1.29 is 4.39 Å². The van der Waals surface area contributed by atoms with Gasteiger partial charge in [-0.25, -0.2) is 4.39 Å². The van der Waals surface area contributed by atoms with Gasteiger partial charge in [0, 0.05) is 24.3 Å². The molecule has 1 aromatic carbocycles. The smallest absolute Gasteiger partial charge is 0.123 e. The molecule has 1 fully saturated rings. The van der Waals surface area contributed by atoms with Crippen LogP contribution in [-0.2, 0) is 0 Å². The minimum absolute atomic E-state index is 0.159. The molecule has 20 heavy (non-hydrogen) atoms. The molecular weight excluding hydrogens is 251 g/mol. The molecule has 0 radical (unpaired) electrons. The molecule has 1 unspecified atom stereocenters. The van der Waals surface area contributed by atoms with Crippen molar-refractivity contribution in [2.75, 3.05) is 18.0 Å². The third kappa shape index (κ3) is 3.60. The fourth-order valence-electron chi connectivity index (χ4n) is 2.57. The van der Waals surface area contributed by atoms with Gasteiger partial charge in [-0.3, -0.25) is 0 Å². The van der Waals surface area contributed by atoms with E-state index in [9.17, 15) is 4.39 Å². The first kappa shape index (κ1) is 15.0. The number of anilines is 1. The monoisotopic (exact) mass is 276 g/mol. The molecule has 0 aromatic heterocycles. The molecule has 1 aliphatic rings. The van der Waals surface area contributed by atoms with Gasteiger partial charge in [0.05, 0.1) is 0 Å². The van der Waals surface area contributed by atoms with E-state index in [-0.39, 0.29) is 11.9 Å². The third-order valence-corrected chi connectivity index (χ3v) is 3.78. The van der Waals surface area contributed by atoms with E-state index in [1.165, 1.54) is 12.8 Å².